The molecule has 1 N–H and O–H groups in total. The van der Waals surface area contributed by atoms with Crippen LogP contribution in [0.3, 0.4) is 0 Å². The number of hydrogen-bond acceptors (Lipinski definition) is 5. The predicted octanol–water partition coefficient (Wildman–Crippen LogP) is 3.52. The molecule has 0 aromatic carbocycles. The molecule has 0 radical (unpaired) electrons. The Morgan fingerprint density at radius 1 is 1.27 bits per heavy atom. The first-order chi connectivity index (χ1) is 12.3. The summed E-state index contributed by atoms with van der Waals surface area (Å²) >= 11 is 0. The predicted molar refractivity (Wildman–Crippen MR) is 84.6 cm³/mol. The quantitative estimate of drug-likeness (QED) is 0.892. The second-order valence-electron chi connectivity index (χ2n) is 6.27. The smallest absolute Gasteiger partial charge is 0.417 e. The van der Waals surface area contributed by atoms with E-state index in [1.54, 1.807) is 13.0 Å². The van der Waals surface area contributed by atoms with E-state index in [1.807, 2.05) is 0 Å². The number of amides is 1. The number of carbonyl (C=O) groups excluding carboxylic acids is 1. The van der Waals surface area contributed by atoms with E-state index in [2.05, 4.69) is 15.5 Å². The summed E-state index contributed by atoms with van der Waals surface area (Å²) in [6.45, 7) is 1.71. The van der Waals surface area contributed by atoms with Crippen molar-refractivity contribution >= 4 is 5.91 Å². The standard InChI is InChI=1S/C17H18F3N3O3/c1-10-8-14(23-26-10)16(24)22-12-3-5-13(6-4-12)25-15-7-2-11(9-21-15)17(18,19)20/h2,7-9,12-13H,3-6H2,1H3,(H,22,24). The fourth-order valence-electron chi connectivity index (χ4n) is 2.85. The number of halogens is 3. The van der Waals surface area contributed by atoms with E-state index >= 15 is 0 Å². The van der Waals surface area contributed by atoms with Gasteiger partial charge in [-0.25, -0.2) is 4.98 Å². The molecule has 1 aliphatic carbocycles. The van der Waals surface area contributed by atoms with Gasteiger partial charge in [0.15, 0.2) is 5.69 Å². The third-order valence-corrected chi connectivity index (χ3v) is 4.22. The first kappa shape index (κ1) is 18.2. The summed E-state index contributed by atoms with van der Waals surface area (Å²) in [7, 11) is 0. The summed E-state index contributed by atoms with van der Waals surface area (Å²) in [5, 5.41) is 6.58. The molecule has 140 valence electrons. The Labute approximate surface area is 147 Å². The summed E-state index contributed by atoms with van der Waals surface area (Å²) in [5.41, 5.74) is -0.561. The lowest BCUT2D eigenvalue weighted by atomic mass is 9.93. The summed E-state index contributed by atoms with van der Waals surface area (Å²) in [6.07, 6.45) is -1.04. The normalized spacial score (nSPS) is 20.6. The molecule has 26 heavy (non-hydrogen) atoms. The molecule has 0 atom stereocenters. The Morgan fingerprint density at radius 2 is 2.00 bits per heavy atom. The van der Waals surface area contributed by atoms with Crippen molar-refractivity contribution in [2.24, 2.45) is 0 Å². The Balaban J connectivity index is 1.47. The van der Waals surface area contributed by atoms with Gasteiger partial charge in [-0.2, -0.15) is 13.2 Å². The third-order valence-electron chi connectivity index (χ3n) is 4.22. The number of alkyl halides is 3. The highest BCUT2D eigenvalue weighted by molar-refractivity contribution is 5.92. The molecule has 2 aromatic rings. The van der Waals surface area contributed by atoms with Gasteiger partial charge in [0.25, 0.3) is 5.91 Å². The van der Waals surface area contributed by atoms with Gasteiger partial charge in [-0.05, 0) is 38.7 Å². The lowest BCUT2D eigenvalue weighted by Crippen LogP contribution is -2.39. The first-order valence-electron chi connectivity index (χ1n) is 8.25. The molecule has 3 rings (SSSR count). The van der Waals surface area contributed by atoms with Crippen LogP contribution in [0.4, 0.5) is 13.2 Å². The Bertz CT molecular complexity index is 751. The van der Waals surface area contributed by atoms with Crippen molar-refractivity contribution in [3.63, 3.8) is 0 Å². The van der Waals surface area contributed by atoms with Crippen LogP contribution in [0.15, 0.2) is 28.9 Å². The van der Waals surface area contributed by atoms with Crippen LogP contribution in [0.25, 0.3) is 0 Å². The molecular formula is C17H18F3N3O3. The molecule has 0 bridgehead atoms. The summed E-state index contributed by atoms with van der Waals surface area (Å²) < 4.78 is 48.1. The molecule has 1 saturated carbocycles. The zero-order valence-corrected chi connectivity index (χ0v) is 14.0. The molecule has 0 saturated heterocycles. The Hall–Kier alpha value is -2.58. The fraction of sp³-hybridized carbons (Fsp3) is 0.471. The minimum Gasteiger partial charge on any atom is -0.474 e. The maximum Gasteiger partial charge on any atom is 0.417 e. The molecule has 0 unspecified atom stereocenters. The van der Waals surface area contributed by atoms with E-state index in [0.29, 0.717) is 31.4 Å². The average Bonchev–Trinajstić information content (AvgIpc) is 3.03. The first-order valence-corrected chi connectivity index (χ1v) is 8.25. The van der Waals surface area contributed by atoms with E-state index in [9.17, 15) is 18.0 Å². The number of carbonyl (C=O) groups is 1. The minimum atomic E-state index is -4.41. The van der Waals surface area contributed by atoms with E-state index in [4.69, 9.17) is 9.26 Å². The van der Waals surface area contributed by atoms with Gasteiger partial charge < -0.3 is 14.6 Å². The van der Waals surface area contributed by atoms with Crippen LogP contribution in [-0.2, 0) is 6.18 Å². The zero-order chi connectivity index (χ0) is 18.7. The van der Waals surface area contributed by atoms with Crippen LogP contribution in [0.1, 0.15) is 47.5 Å². The monoisotopic (exact) mass is 369 g/mol. The number of nitrogens with zero attached hydrogens (tertiary/aromatic N) is 2. The number of aryl methyl sites for hydroxylation is 1. The molecular weight excluding hydrogens is 351 g/mol. The number of aromatic nitrogens is 2. The molecule has 1 amide bonds. The number of hydrogen-bond donors (Lipinski definition) is 1. The van der Waals surface area contributed by atoms with Crippen LogP contribution in [0.2, 0.25) is 0 Å². The highest BCUT2D eigenvalue weighted by Gasteiger charge is 2.31. The van der Waals surface area contributed by atoms with Gasteiger partial charge in [-0.1, -0.05) is 5.16 Å². The van der Waals surface area contributed by atoms with Gasteiger partial charge in [0.1, 0.15) is 11.9 Å². The molecule has 0 spiro atoms. The van der Waals surface area contributed by atoms with E-state index in [0.717, 1.165) is 12.3 Å². The van der Waals surface area contributed by atoms with Crippen molar-refractivity contribution in [1.29, 1.82) is 0 Å². The second-order valence-corrected chi connectivity index (χ2v) is 6.27. The topological polar surface area (TPSA) is 77.2 Å². The number of pyridine rings is 1. The molecule has 2 heterocycles. The van der Waals surface area contributed by atoms with Crippen LogP contribution in [0, 0.1) is 6.92 Å². The molecule has 6 nitrogen and oxygen atoms in total. The van der Waals surface area contributed by atoms with E-state index in [-0.39, 0.29) is 29.6 Å². The maximum absolute atomic E-state index is 12.5. The average molecular weight is 369 g/mol. The molecule has 9 heteroatoms. The van der Waals surface area contributed by atoms with Gasteiger partial charge in [0.2, 0.25) is 5.88 Å². The lowest BCUT2D eigenvalue weighted by molar-refractivity contribution is -0.137. The van der Waals surface area contributed by atoms with Crippen LogP contribution in [-0.4, -0.2) is 28.2 Å². The van der Waals surface area contributed by atoms with Crippen molar-refractivity contribution in [3.05, 3.63) is 41.4 Å². The van der Waals surface area contributed by atoms with Crippen molar-refractivity contribution < 1.29 is 27.2 Å². The summed E-state index contributed by atoms with van der Waals surface area (Å²) in [5.74, 6) is 0.454. The molecule has 1 aliphatic rings. The van der Waals surface area contributed by atoms with Gasteiger partial charge in [-0.3, -0.25) is 4.79 Å². The number of ether oxygens (including phenoxy) is 1. The molecule has 2 aromatic heterocycles. The lowest BCUT2D eigenvalue weighted by Gasteiger charge is -2.29. The summed E-state index contributed by atoms with van der Waals surface area (Å²) in [6, 6.07) is 3.75. The largest absolute Gasteiger partial charge is 0.474 e. The molecule has 0 aliphatic heterocycles. The second kappa shape index (κ2) is 7.35. The maximum atomic E-state index is 12.5. The van der Waals surface area contributed by atoms with Gasteiger partial charge in [-0.15, -0.1) is 0 Å². The van der Waals surface area contributed by atoms with E-state index < -0.39 is 11.7 Å². The Kier molecular flexibility index (Phi) is 5.15. The minimum absolute atomic E-state index is 0.0000734. The van der Waals surface area contributed by atoms with Crippen molar-refractivity contribution in [2.75, 3.05) is 0 Å². The zero-order valence-electron chi connectivity index (χ0n) is 14.0. The van der Waals surface area contributed by atoms with Crippen molar-refractivity contribution in [3.8, 4) is 5.88 Å². The van der Waals surface area contributed by atoms with Crippen LogP contribution in [0.5, 0.6) is 5.88 Å². The van der Waals surface area contributed by atoms with Gasteiger partial charge in [0.05, 0.1) is 5.56 Å². The van der Waals surface area contributed by atoms with Gasteiger partial charge >= 0.3 is 6.18 Å². The van der Waals surface area contributed by atoms with Crippen LogP contribution < -0.4 is 10.1 Å². The van der Waals surface area contributed by atoms with Gasteiger partial charge in [0, 0.05) is 24.4 Å². The van der Waals surface area contributed by atoms with Crippen molar-refractivity contribution in [1.82, 2.24) is 15.5 Å². The SMILES string of the molecule is Cc1cc(C(=O)NC2CCC(Oc3ccc(C(F)(F)F)cn3)CC2)no1. The number of nitrogens with one attached hydrogen (secondary N) is 1. The highest BCUT2D eigenvalue weighted by Crippen LogP contribution is 2.30. The fourth-order valence-corrected chi connectivity index (χ4v) is 2.85. The third kappa shape index (κ3) is 4.53. The summed E-state index contributed by atoms with van der Waals surface area (Å²) in [4.78, 5) is 15.8. The Morgan fingerprint density at radius 3 is 2.54 bits per heavy atom. The molecule has 1 fully saturated rings. The van der Waals surface area contributed by atoms with Crippen LogP contribution >= 0.6 is 0 Å². The number of rotatable bonds is 4. The highest BCUT2D eigenvalue weighted by atomic mass is 19.4. The van der Waals surface area contributed by atoms with E-state index in [1.165, 1.54) is 6.07 Å². The van der Waals surface area contributed by atoms with Crippen molar-refractivity contribution in [2.45, 2.75) is 50.9 Å².